The largest absolute Gasteiger partial charge is 0.375 e. The van der Waals surface area contributed by atoms with Gasteiger partial charge in [-0.1, -0.05) is 38.3 Å². The molecule has 17 heavy (non-hydrogen) atoms. The molecule has 0 aromatic heterocycles. The van der Waals surface area contributed by atoms with E-state index in [2.05, 4.69) is 30.9 Å². The lowest BCUT2D eigenvalue weighted by atomic mass is 9.85. The number of rotatable bonds is 5. The van der Waals surface area contributed by atoms with Crippen LogP contribution in [-0.2, 0) is 0 Å². The highest BCUT2D eigenvalue weighted by Crippen LogP contribution is 2.35. The molecule has 1 heteroatoms. The second-order valence-corrected chi connectivity index (χ2v) is 5.47. The number of hydrogen-bond donors (Lipinski definition) is 0. The predicted octanol–water partition coefficient (Wildman–Crippen LogP) is 4.51. The van der Waals surface area contributed by atoms with Crippen molar-refractivity contribution in [2.24, 2.45) is 5.92 Å². The molecule has 0 aromatic carbocycles. The lowest BCUT2D eigenvalue weighted by Crippen LogP contribution is -2.35. The number of likely N-dealkylation sites (tertiary alicyclic amines) is 1. The highest BCUT2D eigenvalue weighted by atomic mass is 15.1. The number of piperidine rings is 1. The summed E-state index contributed by atoms with van der Waals surface area (Å²) in [6.07, 6.45) is 14.3. The highest BCUT2D eigenvalue weighted by Gasteiger charge is 2.25. The van der Waals surface area contributed by atoms with Gasteiger partial charge < -0.3 is 4.90 Å². The van der Waals surface area contributed by atoms with Crippen molar-refractivity contribution in [1.29, 1.82) is 0 Å². The molecule has 2 aliphatic rings. The average molecular weight is 233 g/mol. The summed E-state index contributed by atoms with van der Waals surface area (Å²) in [7, 11) is 0. The Morgan fingerprint density at radius 3 is 2.94 bits per heavy atom. The highest BCUT2D eigenvalue weighted by molar-refractivity contribution is 5.29. The Bertz CT molecular complexity index is 301. The third-order valence-corrected chi connectivity index (χ3v) is 4.20. The smallest absolute Gasteiger partial charge is 0.0175 e. The molecule has 1 aliphatic carbocycles. The Hall–Kier alpha value is -0.720. The van der Waals surface area contributed by atoms with Gasteiger partial charge in [0.1, 0.15) is 0 Å². The molecule has 0 aromatic rings. The van der Waals surface area contributed by atoms with E-state index in [1.54, 1.807) is 11.3 Å². The fourth-order valence-corrected chi connectivity index (χ4v) is 3.09. The molecule has 1 fully saturated rings. The molecule has 1 saturated heterocycles. The fraction of sp³-hybridized carbons (Fsp3) is 0.750. The Morgan fingerprint density at radius 2 is 2.18 bits per heavy atom. The van der Waals surface area contributed by atoms with Gasteiger partial charge in [0.15, 0.2) is 0 Å². The molecule has 96 valence electrons. The Labute approximate surface area is 107 Å². The third-order valence-electron chi connectivity index (χ3n) is 4.20. The van der Waals surface area contributed by atoms with Crippen LogP contribution in [0.2, 0.25) is 0 Å². The molecular weight excluding hydrogens is 206 g/mol. The second kappa shape index (κ2) is 6.28. The summed E-state index contributed by atoms with van der Waals surface area (Å²) in [6.45, 7) is 7.14. The van der Waals surface area contributed by atoms with Crippen LogP contribution in [-0.4, -0.2) is 18.0 Å². The minimum absolute atomic E-state index is 0.834. The first-order chi connectivity index (χ1) is 8.35. The Balaban J connectivity index is 2.00. The van der Waals surface area contributed by atoms with Gasteiger partial charge in [-0.3, -0.25) is 0 Å². The maximum absolute atomic E-state index is 2.67. The molecular formula is C16H27N. The zero-order valence-corrected chi connectivity index (χ0v) is 11.5. The predicted molar refractivity (Wildman–Crippen MR) is 74.9 cm³/mol. The lowest BCUT2D eigenvalue weighted by molar-refractivity contribution is 0.235. The maximum atomic E-state index is 2.67. The van der Waals surface area contributed by atoms with Gasteiger partial charge in [0.2, 0.25) is 0 Å². The van der Waals surface area contributed by atoms with Crippen LogP contribution in [0.4, 0.5) is 0 Å². The van der Waals surface area contributed by atoms with Crippen molar-refractivity contribution in [3.05, 3.63) is 23.4 Å². The van der Waals surface area contributed by atoms with Gasteiger partial charge in [0.05, 0.1) is 0 Å². The summed E-state index contributed by atoms with van der Waals surface area (Å²) < 4.78 is 0. The molecule has 1 nitrogen and oxygen atoms in total. The van der Waals surface area contributed by atoms with Crippen LogP contribution in [0.1, 0.15) is 58.8 Å². The summed E-state index contributed by atoms with van der Waals surface area (Å²) in [6, 6.07) is 0. The Kier molecular flexibility index (Phi) is 4.70. The first-order valence-corrected chi connectivity index (χ1v) is 7.50. The molecule has 0 N–H and O–H groups in total. The molecule has 0 saturated carbocycles. The van der Waals surface area contributed by atoms with Crippen molar-refractivity contribution in [2.45, 2.75) is 58.8 Å². The monoisotopic (exact) mass is 233 g/mol. The van der Waals surface area contributed by atoms with Crippen molar-refractivity contribution in [3.63, 3.8) is 0 Å². The average Bonchev–Trinajstić information content (AvgIpc) is 2.39. The van der Waals surface area contributed by atoms with Gasteiger partial charge in [-0.05, 0) is 38.2 Å². The van der Waals surface area contributed by atoms with E-state index in [4.69, 9.17) is 0 Å². The van der Waals surface area contributed by atoms with E-state index in [0.717, 1.165) is 5.92 Å². The van der Waals surface area contributed by atoms with E-state index >= 15 is 0 Å². The molecule has 0 spiro atoms. The second-order valence-electron chi connectivity index (χ2n) is 5.47. The van der Waals surface area contributed by atoms with Gasteiger partial charge in [-0.2, -0.15) is 0 Å². The molecule has 2 rings (SSSR count). The van der Waals surface area contributed by atoms with Gasteiger partial charge in [0.25, 0.3) is 0 Å². The molecule has 1 heterocycles. The van der Waals surface area contributed by atoms with Crippen LogP contribution in [0, 0.1) is 5.92 Å². The minimum Gasteiger partial charge on any atom is -0.375 e. The number of fused-ring (bicyclic) bond motifs is 1. The number of nitrogens with zero attached hydrogens (tertiary/aromatic N) is 1. The van der Waals surface area contributed by atoms with Crippen molar-refractivity contribution >= 4 is 0 Å². The standard InChI is InChI=1S/C16H27N/c1-3-5-6-11-17-12-7-8-15-10-9-14(4-2)13-16(15)17/h9,13,15H,3-8,10-12H2,1-2H3. The summed E-state index contributed by atoms with van der Waals surface area (Å²) in [5, 5.41) is 0. The van der Waals surface area contributed by atoms with Crippen molar-refractivity contribution in [2.75, 3.05) is 13.1 Å². The maximum Gasteiger partial charge on any atom is 0.0175 e. The molecule has 0 amide bonds. The van der Waals surface area contributed by atoms with Crippen LogP contribution >= 0.6 is 0 Å². The normalized spacial score (nSPS) is 24.1. The van der Waals surface area contributed by atoms with E-state index < -0.39 is 0 Å². The van der Waals surface area contributed by atoms with E-state index in [9.17, 15) is 0 Å². The fourth-order valence-electron chi connectivity index (χ4n) is 3.09. The van der Waals surface area contributed by atoms with E-state index in [1.165, 1.54) is 58.0 Å². The zero-order valence-electron chi connectivity index (χ0n) is 11.5. The SMILES string of the molecule is CCCCCN1CCCC2CC=C(CC)C=C21. The molecule has 1 atom stereocenters. The molecule has 0 bridgehead atoms. The van der Waals surface area contributed by atoms with Gasteiger partial charge in [-0.25, -0.2) is 0 Å². The molecule has 1 aliphatic heterocycles. The summed E-state index contributed by atoms with van der Waals surface area (Å²) in [5.74, 6) is 0.834. The Morgan fingerprint density at radius 1 is 1.29 bits per heavy atom. The number of allylic oxidation sites excluding steroid dienone is 4. The van der Waals surface area contributed by atoms with E-state index in [1.807, 2.05) is 0 Å². The topological polar surface area (TPSA) is 3.24 Å². The van der Waals surface area contributed by atoms with Crippen LogP contribution in [0.5, 0.6) is 0 Å². The lowest BCUT2D eigenvalue weighted by Gasteiger charge is -2.39. The van der Waals surface area contributed by atoms with Crippen LogP contribution in [0.15, 0.2) is 23.4 Å². The molecule has 1 unspecified atom stereocenters. The number of unbranched alkanes of at least 4 members (excludes halogenated alkanes) is 2. The third kappa shape index (κ3) is 3.14. The van der Waals surface area contributed by atoms with Crippen LogP contribution < -0.4 is 0 Å². The van der Waals surface area contributed by atoms with Crippen molar-refractivity contribution in [1.82, 2.24) is 4.90 Å². The quantitative estimate of drug-likeness (QED) is 0.631. The van der Waals surface area contributed by atoms with Gasteiger partial charge in [-0.15, -0.1) is 0 Å². The summed E-state index contributed by atoms with van der Waals surface area (Å²) >= 11 is 0. The summed E-state index contributed by atoms with van der Waals surface area (Å²) in [5.41, 5.74) is 3.21. The van der Waals surface area contributed by atoms with Gasteiger partial charge >= 0.3 is 0 Å². The first-order valence-electron chi connectivity index (χ1n) is 7.50. The first kappa shape index (κ1) is 12.7. The summed E-state index contributed by atoms with van der Waals surface area (Å²) in [4.78, 5) is 2.67. The molecule has 0 radical (unpaired) electrons. The zero-order chi connectivity index (χ0) is 12.1. The van der Waals surface area contributed by atoms with E-state index in [-0.39, 0.29) is 0 Å². The van der Waals surface area contributed by atoms with Crippen LogP contribution in [0.25, 0.3) is 0 Å². The number of hydrogen-bond acceptors (Lipinski definition) is 1. The van der Waals surface area contributed by atoms with E-state index in [0.29, 0.717) is 0 Å². The van der Waals surface area contributed by atoms with Crippen molar-refractivity contribution < 1.29 is 0 Å². The van der Waals surface area contributed by atoms with Crippen LogP contribution in [0.3, 0.4) is 0 Å². The van der Waals surface area contributed by atoms with Crippen molar-refractivity contribution in [3.8, 4) is 0 Å². The van der Waals surface area contributed by atoms with Gasteiger partial charge in [0, 0.05) is 24.7 Å². The minimum atomic E-state index is 0.834.